The maximum atomic E-state index is 13.5. The van der Waals surface area contributed by atoms with Gasteiger partial charge in [-0.15, -0.1) is 0 Å². The predicted molar refractivity (Wildman–Crippen MR) is 85.6 cm³/mol. The highest BCUT2D eigenvalue weighted by Gasteiger charge is 2.15. The minimum atomic E-state index is -3.64. The fraction of sp³-hybridized carbons (Fsp3) is 0.294. The monoisotopic (exact) mass is 321 g/mol. The Hall–Kier alpha value is -1.72. The molecular formula is C17H20FNO2S. The Morgan fingerprint density at radius 1 is 1.09 bits per heavy atom. The molecule has 0 bridgehead atoms. The molecule has 0 aliphatic rings. The number of hydrogen-bond acceptors (Lipinski definition) is 2. The maximum absolute atomic E-state index is 13.5. The highest BCUT2D eigenvalue weighted by Crippen LogP contribution is 2.20. The van der Waals surface area contributed by atoms with Crippen LogP contribution in [0.25, 0.3) is 0 Å². The summed E-state index contributed by atoms with van der Waals surface area (Å²) >= 11 is 0. The second kappa shape index (κ2) is 7.03. The van der Waals surface area contributed by atoms with Crippen LogP contribution in [0.4, 0.5) is 4.39 Å². The molecule has 0 spiro atoms. The molecule has 0 radical (unpaired) electrons. The maximum Gasteiger partial charge on any atom is 0.240 e. The van der Waals surface area contributed by atoms with Gasteiger partial charge >= 0.3 is 0 Å². The molecule has 2 rings (SSSR count). The van der Waals surface area contributed by atoms with Crippen molar-refractivity contribution >= 4 is 10.0 Å². The highest BCUT2D eigenvalue weighted by atomic mass is 32.2. The van der Waals surface area contributed by atoms with Crippen molar-refractivity contribution in [3.05, 3.63) is 65.5 Å². The summed E-state index contributed by atoms with van der Waals surface area (Å²) in [6.45, 7) is 4.12. The summed E-state index contributed by atoms with van der Waals surface area (Å²) in [7, 11) is -3.64. The zero-order chi connectivity index (χ0) is 16.2. The summed E-state index contributed by atoms with van der Waals surface area (Å²) in [5.74, 6) is -0.0274. The standard InChI is InChI=1S/C17H20FNO2S/c1-3-13(2)14-8-10-16(11-9-14)22(20,21)19-12-15-6-4-5-7-17(15)18/h4-11,13,19H,3,12H2,1-2H3. The van der Waals surface area contributed by atoms with E-state index < -0.39 is 15.8 Å². The largest absolute Gasteiger partial charge is 0.240 e. The first-order valence-electron chi connectivity index (χ1n) is 7.27. The van der Waals surface area contributed by atoms with E-state index in [0.717, 1.165) is 12.0 Å². The van der Waals surface area contributed by atoms with Crippen LogP contribution in [0.1, 0.15) is 37.3 Å². The molecule has 0 aliphatic carbocycles. The van der Waals surface area contributed by atoms with Crippen molar-refractivity contribution < 1.29 is 12.8 Å². The first-order valence-corrected chi connectivity index (χ1v) is 8.75. The normalized spacial score (nSPS) is 13.0. The van der Waals surface area contributed by atoms with Crippen LogP contribution in [0.2, 0.25) is 0 Å². The number of hydrogen-bond donors (Lipinski definition) is 1. The molecule has 2 aromatic carbocycles. The van der Waals surface area contributed by atoms with Crippen molar-refractivity contribution in [3.63, 3.8) is 0 Å². The van der Waals surface area contributed by atoms with Gasteiger partial charge in [-0.2, -0.15) is 0 Å². The van der Waals surface area contributed by atoms with Crippen LogP contribution in [0.3, 0.4) is 0 Å². The zero-order valence-electron chi connectivity index (χ0n) is 12.7. The summed E-state index contributed by atoms with van der Waals surface area (Å²) in [5.41, 5.74) is 1.43. The molecule has 0 heterocycles. The summed E-state index contributed by atoms with van der Waals surface area (Å²) in [4.78, 5) is 0.191. The molecule has 0 saturated heterocycles. The van der Waals surface area contributed by atoms with E-state index in [2.05, 4.69) is 18.6 Å². The van der Waals surface area contributed by atoms with Crippen molar-refractivity contribution in [2.24, 2.45) is 0 Å². The van der Waals surface area contributed by atoms with Crippen LogP contribution in [-0.4, -0.2) is 8.42 Å². The molecule has 0 aromatic heterocycles. The van der Waals surface area contributed by atoms with Crippen molar-refractivity contribution in [1.29, 1.82) is 0 Å². The minimum Gasteiger partial charge on any atom is -0.207 e. The lowest BCUT2D eigenvalue weighted by molar-refractivity contribution is 0.574. The third kappa shape index (κ3) is 3.93. The van der Waals surface area contributed by atoms with E-state index in [-0.39, 0.29) is 11.4 Å². The summed E-state index contributed by atoms with van der Waals surface area (Å²) in [5, 5.41) is 0. The number of nitrogens with one attached hydrogen (secondary N) is 1. The molecule has 1 atom stereocenters. The lowest BCUT2D eigenvalue weighted by atomic mass is 9.99. The van der Waals surface area contributed by atoms with Crippen LogP contribution in [0.15, 0.2) is 53.4 Å². The third-order valence-electron chi connectivity index (χ3n) is 3.78. The molecule has 0 aliphatic heterocycles. The Kier molecular flexibility index (Phi) is 5.32. The quantitative estimate of drug-likeness (QED) is 0.879. The summed E-state index contributed by atoms with van der Waals surface area (Å²) in [6.07, 6.45) is 0.998. The van der Waals surface area contributed by atoms with Gasteiger partial charge in [-0.3, -0.25) is 0 Å². The molecule has 0 fully saturated rings. The van der Waals surface area contributed by atoms with Gasteiger partial charge in [-0.1, -0.05) is 44.2 Å². The van der Waals surface area contributed by atoms with E-state index in [1.165, 1.54) is 6.07 Å². The third-order valence-corrected chi connectivity index (χ3v) is 5.20. The highest BCUT2D eigenvalue weighted by molar-refractivity contribution is 7.89. The molecule has 0 amide bonds. The van der Waals surface area contributed by atoms with E-state index in [0.29, 0.717) is 11.5 Å². The van der Waals surface area contributed by atoms with Crippen LogP contribution in [-0.2, 0) is 16.6 Å². The minimum absolute atomic E-state index is 0.0673. The first-order chi connectivity index (χ1) is 10.4. The molecule has 22 heavy (non-hydrogen) atoms. The topological polar surface area (TPSA) is 46.2 Å². The van der Waals surface area contributed by atoms with E-state index in [1.54, 1.807) is 30.3 Å². The molecule has 0 saturated carbocycles. The van der Waals surface area contributed by atoms with Gasteiger partial charge in [0.2, 0.25) is 10.0 Å². The number of halogens is 1. The lowest BCUT2D eigenvalue weighted by Crippen LogP contribution is -2.23. The van der Waals surface area contributed by atoms with Crippen molar-refractivity contribution in [3.8, 4) is 0 Å². The fourth-order valence-corrected chi connectivity index (χ4v) is 3.12. The fourth-order valence-electron chi connectivity index (χ4n) is 2.11. The predicted octanol–water partition coefficient (Wildman–Crippen LogP) is 3.82. The van der Waals surface area contributed by atoms with Gasteiger partial charge < -0.3 is 0 Å². The average molecular weight is 321 g/mol. The summed E-state index contributed by atoms with van der Waals surface area (Å²) in [6, 6.07) is 12.9. The first kappa shape index (κ1) is 16.6. The Morgan fingerprint density at radius 2 is 1.73 bits per heavy atom. The Bertz CT molecular complexity index is 727. The molecule has 3 nitrogen and oxygen atoms in total. The number of benzene rings is 2. The van der Waals surface area contributed by atoms with Gasteiger partial charge in [0, 0.05) is 12.1 Å². The van der Waals surface area contributed by atoms with Crippen molar-refractivity contribution in [2.45, 2.75) is 37.6 Å². The average Bonchev–Trinajstić information content (AvgIpc) is 2.53. The van der Waals surface area contributed by atoms with Gasteiger partial charge in [0.05, 0.1) is 4.90 Å². The number of rotatable bonds is 6. The van der Waals surface area contributed by atoms with E-state index in [4.69, 9.17) is 0 Å². The SMILES string of the molecule is CCC(C)c1ccc(S(=O)(=O)NCc2ccccc2F)cc1. The van der Waals surface area contributed by atoms with Gasteiger partial charge in [-0.05, 0) is 36.1 Å². The van der Waals surface area contributed by atoms with E-state index in [1.807, 2.05) is 12.1 Å². The smallest absolute Gasteiger partial charge is 0.207 e. The van der Waals surface area contributed by atoms with Crippen LogP contribution < -0.4 is 4.72 Å². The van der Waals surface area contributed by atoms with Crippen LogP contribution >= 0.6 is 0 Å². The van der Waals surface area contributed by atoms with E-state index in [9.17, 15) is 12.8 Å². The molecule has 5 heteroatoms. The second-order valence-electron chi connectivity index (χ2n) is 5.29. The zero-order valence-corrected chi connectivity index (χ0v) is 13.5. The van der Waals surface area contributed by atoms with Crippen molar-refractivity contribution in [1.82, 2.24) is 4.72 Å². The Labute approximate surface area is 131 Å². The molecular weight excluding hydrogens is 301 g/mol. The van der Waals surface area contributed by atoms with Gasteiger partial charge in [0.1, 0.15) is 5.82 Å². The Morgan fingerprint density at radius 3 is 2.32 bits per heavy atom. The van der Waals surface area contributed by atoms with Gasteiger partial charge in [-0.25, -0.2) is 17.5 Å². The molecule has 1 N–H and O–H groups in total. The molecule has 1 unspecified atom stereocenters. The van der Waals surface area contributed by atoms with Crippen LogP contribution in [0, 0.1) is 5.82 Å². The van der Waals surface area contributed by atoms with Gasteiger partial charge in [0.25, 0.3) is 0 Å². The molecule has 118 valence electrons. The van der Waals surface area contributed by atoms with E-state index >= 15 is 0 Å². The lowest BCUT2D eigenvalue weighted by Gasteiger charge is -2.11. The van der Waals surface area contributed by atoms with Gasteiger partial charge in [0.15, 0.2) is 0 Å². The Balaban J connectivity index is 2.12. The van der Waals surface area contributed by atoms with Crippen LogP contribution in [0.5, 0.6) is 0 Å². The molecule has 2 aromatic rings. The second-order valence-corrected chi connectivity index (χ2v) is 7.06. The van der Waals surface area contributed by atoms with Crippen molar-refractivity contribution in [2.75, 3.05) is 0 Å². The number of sulfonamides is 1. The summed E-state index contributed by atoms with van der Waals surface area (Å²) < 4.78 is 40.4.